The zero-order chi connectivity index (χ0) is 12.7. The largest absolute Gasteiger partial charge is 0.379 e. The van der Waals surface area contributed by atoms with E-state index in [1.165, 1.54) is 5.75 Å². The molecule has 1 rings (SSSR count). The summed E-state index contributed by atoms with van der Waals surface area (Å²) >= 11 is 2.02. The molecular formula is C13H25N3S. The Morgan fingerprint density at radius 3 is 2.76 bits per heavy atom. The van der Waals surface area contributed by atoms with Gasteiger partial charge in [-0.25, -0.2) is 0 Å². The standard InChI is InChI=1S/C13H25N3S/c1-5-6-16-8-13(7-14-16)15-12(4)10-17-9-11(2)3/h7-8,11-12,15H,5-6,9-10H2,1-4H3. The summed E-state index contributed by atoms with van der Waals surface area (Å²) in [6.07, 6.45) is 5.13. The van der Waals surface area contributed by atoms with E-state index in [1.54, 1.807) is 0 Å². The topological polar surface area (TPSA) is 29.9 Å². The number of hydrogen-bond acceptors (Lipinski definition) is 3. The van der Waals surface area contributed by atoms with Crippen LogP contribution in [0.5, 0.6) is 0 Å². The summed E-state index contributed by atoms with van der Waals surface area (Å²) in [6, 6.07) is 0.498. The normalized spacial score (nSPS) is 13.0. The zero-order valence-electron chi connectivity index (χ0n) is 11.4. The molecule has 3 nitrogen and oxygen atoms in total. The van der Waals surface area contributed by atoms with Crippen LogP contribution in [0.25, 0.3) is 0 Å². The fourth-order valence-electron chi connectivity index (χ4n) is 1.60. The van der Waals surface area contributed by atoms with Crippen LogP contribution in [-0.4, -0.2) is 27.3 Å². The molecule has 0 spiro atoms. The average molecular weight is 255 g/mol. The summed E-state index contributed by atoms with van der Waals surface area (Å²) in [4.78, 5) is 0. The van der Waals surface area contributed by atoms with Crippen LogP contribution < -0.4 is 5.32 Å². The number of thioether (sulfide) groups is 1. The highest BCUT2D eigenvalue weighted by molar-refractivity contribution is 7.99. The first-order valence-corrected chi connectivity index (χ1v) is 7.64. The SMILES string of the molecule is CCCn1cc(NC(C)CSCC(C)C)cn1. The Balaban J connectivity index is 2.26. The molecule has 0 saturated heterocycles. The molecule has 0 aliphatic carbocycles. The van der Waals surface area contributed by atoms with Gasteiger partial charge in [-0.3, -0.25) is 4.68 Å². The lowest BCUT2D eigenvalue weighted by atomic mass is 10.3. The van der Waals surface area contributed by atoms with Crippen LogP contribution in [-0.2, 0) is 6.54 Å². The van der Waals surface area contributed by atoms with Crippen molar-refractivity contribution in [2.24, 2.45) is 5.92 Å². The van der Waals surface area contributed by atoms with Gasteiger partial charge >= 0.3 is 0 Å². The van der Waals surface area contributed by atoms with E-state index in [1.807, 2.05) is 22.6 Å². The Hall–Kier alpha value is -0.640. The number of aromatic nitrogens is 2. The second-order valence-electron chi connectivity index (χ2n) is 4.97. The van der Waals surface area contributed by atoms with Crippen LogP contribution in [0.1, 0.15) is 34.1 Å². The Morgan fingerprint density at radius 2 is 2.12 bits per heavy atom. The third-order valence-electron chi connectivity index (χ3n) is 2.32. The second-order valence-corrected chi connectivity index (χ2v) is 6.04. The smallest absolute Gasteiger partial charge is 0.0728 e. The van der Waals surface area contributed by atoms with Gasteiger partial charge in [-0.15, -0.1) is 0 Å². The lowest BCUT2D eigenvalue weighted by Crippen LogP contribution is -2.18. The molecule has 0 saturated carbocycles. The van der Waals surface area contributed by atoms with Crippen LogP contribution in [0.3, 0.4) is 0 Å². The van der Waals surface area contributed by atoms with E-state index in [0.717, 1.165) is 30.3 Å². The van der Waals surface area contributed by atoms with Gasteiger partial charge in [-0.2, -0.15) is 16.9 Å². The molecule has 1 heterocycles. The lowest BCUT2D eigenvalue weighted by Gasteiger charge is -2.13. The second kappa shape index (κ2) is 7.64. The third-order valence-corrected chi connectivity index (χ3v) is 3.96. The molecule has 1 unspecified atom stereocenters. The molecule has 17 heavy (non-hydrogen) atoms. The van der Waals surface area contributed by atoms with Gasteiger partial charge in [0.05, 0.1) is 11.9 Å². The van der Waals surface area contributed by atoms with E-state index in [0.29, 0.717) is 6.04 Å². The van der Waals surface area contributed by atoms with Crippen molar-refractivity contribution in [2.45, 2.75) is 46.7 Å². The quantitative estimate of drug-likeness (QED) is 0.771. The van der Waals surface area contributed by atoms with Crippen LogP contribution >= 0.6 is 11.8 Å². The van der Waals surface area contributed by atoms with Crippen molar-refractivity contribution in [3.63, 3.8) is 0 Å². The minimum Gasteiger partial charge on any atom is -0.379 e. The molecule has 98 valence electrons. The molecule has 0 radical (unpaired) electrons. The minimum atomic E-state index is 0.498. The van der Waals surface area contributed by atoms with Crippen molar-refractivity contribution >= 4 is 17.4 Å². The highest BCUT2D eigenvalue weighted by Crippen LogP contribution is 2.13. The molecule has 0 aliphatic rings. The molecule has 1 aromatic heterocycles. The van der Waals surface area contributed by atoms with Gasteiger partial charge < -0.3 is 5.32 Å². The van der Waals surface area contributed by atoms with Crippen LogP contribution in [0.15, 0.2) is 12.4 Å². The predicted octanol–water partition coefficient (Wildman–Crippen LogP) is 3.48. The Morgan fingerprint density at radius 1 is 1.35 bits per heavy atom. The van der Waals surface area contributed by atoms with Gasteiger partial charge in [0.15, 0.2) is 0 Å². The van der Waals surface area contributed by atoms with E-state index in [9.17, 15) is 0 Å². The highest BCUT2D eigenvalue weighted by atomic mass is 32.2. The van der Waals surface area contributed by atoms with E-state index in [2.05, 4.69) is 44.3 Å². The van der Waals surface area contributed by atoms with Gasteiger partial charge in [0.25, 0.3) is 0 Å². The maximum absolute atomic E-state index is 4.31. The number of nitrogens with one attached hydrogen (secondary N) is 1. The zero-order valence-corrected chi connectivity index (χ0v) is 12.3. The first-order chi connectivity index (χ1) is 8.11. The van der Waals surface area contributed by atoms with Gasteiger partial charge in [0.1, 0.15) is 0 Å². The number of nitrogens with zero attached hydrogens (tertiary/aromatic N) is 2. The molecule has 0 fully saturated rings. The lowest BCUT2D eigenvalue weighted by molar-refractivity contribution is 0.603. The molecule has 1 aromatic rings. The first-order valence-electron chi connectivity index (χ1n) is 6.48. The van der Waals surface area contributed by atoms with Gasteiger partial charge in [0, 0.05) is 24.5 Å². The van der Waals surface area contributed by atoms with E-state index in [-0.39, 0.29) is 0 Å². The summed E-state index contributed by atoms with van der Waals surface area (Å²) in [5, 5.41) is 7.81. The number of anilines is 1. The Bertz CT molecular complexity index is 309. The molecule has 0 bridgehead atoms. The van der Waals surface area contributed by atoms with E-state index in [4.69, 9.17) is 0 Å². The maximum atomic E-state index is 4.31. The summed E-state index contributed by atoms with van der Waals surface area (Å²) in [7, 11) is 0. The van der Waals surface area contributed by atoms with E-state index < -0.39 is 0 Å². The van der Waals surface area contributed by atoms with Crippen LogP contribution in [0.2, 0.25) is 0 Å². The van der Waals surface area contributed by atoms with Crippen molar-refractivity contribution in [3.05, 3.63) is 12.4 Å². The van der Waals surface area contributed by atoms with Crippen molar-refractivity contribution in [2.75, 3.05) is 16.8 Å². The molecule has 4 heteroatoms. The molecule has 0 aliphatic heterocycles. The van der Waals surface area contributed by atoms with Crippen molar-refractivity contribution in [1.82, 2.24) is 9.78 Å². The minimum absolute atomic E-state index is 0.498. The van der Waals surface area contributed by atoms with Crippen LogP contribution in [0, 0.1) is 5.92 Å². The third kappa shape index (κ3) is 6.01. The summed E-state index contributed by atoms with van der Waals surface area (Å²) in [5.74, 6) is 3.16. The molecule has 1 atom stereocenters. The van der Waals surface area contributed by atoms with Gasteiger partial charge in [-0.1, -0.05) is 20.8 Å². The fourth-order valence-corrected chi connectivity index (χ4v) is 2.64. The summed E-state index contributed by atoms with van der Waals surface area (Å²) in [5.41, 5.74) is 1.14. The molecule has 0 amide bonds. The van der Waals surface area contributed by atoms with Gasteiger partial charge in [-0.05, 0) is 25.0 Å². The summed E-state index contributed by atoms with van der Waals surface area (Å²) in [6.45, 7) is 9.92. The molecular weight excluding hydrogens is 230 g/mol. The maximum Gasteiger partial charge on any atom is 0.0728 e. The highest BCUT2D eigenvalue weighted by Gasteiger charge is 2.04. The number of aryl methyl sites for hydroxylation is 1. The van der Waals surface area contributed by atoms with Crippen molar-refractivity contribution in [1.29, 1.82) is 0 Å². The predicted molar refractivity (Wildman–Crippen MR) is 77.8 cm³/mol. The van der Waals surface area contributed by atoms with Crippen molar-refractivity contribution < 1.29 is 0 Å². The Kier molecular flexibility index (Phi) is 6.48. The van der Waals surface area contributed by atoms with Gasteiger partial charge in [0.2, 0.25) is 0 Å². The number of rotatable bonds is 8. The number of hydrogen-bond donors (Lipinski definition) is 1. The summed E-state index contributed by atoms with van der Waals surface area (Å²) < 4.78 is 2.00. The average Bonchev–Trinajstić information content (AvgIpc) is 2.65. The van der Waals surface area contributed by atoms with E-state index >= 15 is 0 Å². The monoisotopic (exact) mass is 255 g/mol. The Labute approximate surface area is 109 Å². The van der Waals surface area contributed by atoms with Crippen LogP contribution in [0.4, 0.5) is 5.69 Å². The first kappa shape index (κ1) is 14.4. The van der Waals surface area contributed by atoms with Crippen molar-refractivity contribution in [3.8, 4) is 0 Å². The fraction of sp³-hybridized carbons (Fsp3) is 0.769. The molecule has 1 N–H and O–H groups in total. The molecule has 0 aromatic carbocycles.